The summed E-state index contributed by atoms with van der Waals surface area (Å²) in [7, 11) is -3.53. The molecule has 0 bridgehead atoms. The maximum absolute atomic E-state index is 12.9. The highest BCUT2D eigenvalue weighted by Crippen LogP contribution is 2.38. The molecule has 1 aromatic heterocycles. The molecular weight excluding hydrogens is 412 g/mol. The van der Waals surface area contributed by atoms with Crippen molar-refractivity contribution in [2.24, 2.45) is 9.50 Å². The number of fused-ring (bicyclic) bond motifs is 2. The van der Waals surface area contributed by atoms with Gasteiger partial charge in [-0.3, -0.25) is 0 Å². The summed E-state index contributed by atoms with van der Waals surface area (Å²) in [6, 6.07) is 1.51. The monoisotopic (exact) mass is 436 g/mol. The Kier molecular flexibility index (Phi) is 5.24. The van der Waals surface area contributed by atoms with Crippen molar-refractivity contribution in [3.63, 3.8) is 0 Å². The highest BCUT2D eigenvalue weighted by atomic mass is 32.2. The molecule has 29 heavy (non-hydrogen) atoms. The molecule has 10 heteroatoms. The van der Waals surface area contributed by atoms with Gasteiger partial charge in [0.2, 0.25) is 0 Å². The van der Waals surface area contributed by atoms with Crippen molar-refractivity contribution in [3.05, 3.63) is 39.5 Å². The molecule has 2 aliphatic rings. The van der Waals surface area contributed by atoms with E-state index in [1.165, 1.54) is 24.2 Å². The van der Waals surface area contributed by atoms with Gasteiger partial charge in [0.15, 0.2) is 9.92 Å². The second-order valence-corrected chi connectivity index (χ2v) is 10.8. The molecule has 0 spiro atoms. The average Bonchev–Trinajstić information content (AvgIpc) is 3.40. The van der Waals surface area contributed by atoms with Crippen LogP contribution < -0.4 is 10.5 Å². The lowest BCUT2D eigenvalue weighted by Gasteiger charge is -2.16. The largest absolute Gasteiger partial charge is 0.393 e. The van der Waals surface area contributed by atoms with Crippen LogP contribution in [-0.4, -0.2) is 32.0 Å². The third-order valence-electron chi connectivity index (χ3n) is 5.46. The number of urea groups is 1. The Bertz CT molecular complexity index is 1070. The number of aliphatic hydroxyl groups excluding tert-OH is 1. The topological polar surface area (TPSA) is 138 Å². The second kappa shape index (κ2) is 7.44. The van der Waals surface area contributed by atoms with Gasteiger partial charge in [-0.15, -0.1) is 15.7 Å². The molecule has 0 aliphatic heterocycles. The first kappa shape index (κ1) is 20.4. The van der Waals surface area contributed by atoms with Gasteiger partial charge in [-0.25, -0.2) is 19.1 Å². The molecule has 2 atom stereocenters. The number of rotatable bonds is 4. The number of benzene rings is 1. The van der Waals surface area contributed by atoms with Crippen LogP contribution in [-0.2, 0) is 41.2 Å². The minimum absolute atomic E-state index is 0.0693. The van der Waals surface area contributed by atoms with Crippen molar-refractivity contribution < 1.29 is 19.2 Å². The van der Waals surface area contributed by atoms with Crippen LogP contribution in [0.1, 0.15) is 47.0 Å². The summed E-state index contributed by atoms with van der Waals surface area (Å²) >= 11 is 0.865. The number of aromatic nitrogens is 1. The molecule has 8 nitrogen and oxygen atoms in total. The second-order valence-electron chi connectivity index (χ2n) is 7.74. The van der Waals surface area contributed by atoms with Gasteiger partial charge in [0.1, 0.15) is 14.8 Å². The maximum atomic E-state index is 12.9. The van der Waals surface area contributed by atoms with Crippen LogP contribution >= 0.6 is 11.3 Å². The maximum Gasteiger partial charge on any atom is 0.354 e. The van der Waals surface area contributed by atoms with Gasteiger partial charge in [-0.2, -0.15) is 0 Å². The fourth-order valence-corrected chi connectivity index (χ4v) is 6.07. The molecule has 2 aromatic rings. The Morgan fingerprint density at radius 1 is 1.31 bits per heavy atom. The molecule has 4 rings (SSSR count). The van der Waals surface area contributed by atoms with Gasteiger partial charge in [-0.05, 0) is 67.7 Å². The van der Waals surface area contributed by atoms with E-state index < -0.39 is 28.2 Å². The molecule has 5 N–H and O–H groups in total. The van der Waals surface area contributed by atoms with Gasteiger partial charge in [0, 0.05) is 5.69 Å². The minimum Gasteiger partial charge on any atom is -0.393 e. The normalized spacial score (nSPS) is 19.2. The minimum atomic E-state index is -3.53. The zero-order valence-corrected chi connectivity index (χ0v) is 17.7. The number of nitrogens with zero attached hydrogens (tertiary/aromatic N) is 2. The zero-order valence-electron chi connectivity index (χ0n) is 16.1. The summed E-state index contributed by atoms with van der Waals surface area (Å²) in [5.74, 6) is 0. The van der Waals surface area contributed by atoms with E-state index >= 15 is 0 Å². The van der Waals surface area contributed by atoms with Gasteiger partial charge in [-0.1, -0.05) is 6.07 Å². The number of nitrogens with two attached hydrogens (primary N) is 1. The average molecular weight is 437 g/mol. The van der Waals surface area contributed by atoms with Crippen molar-refractivity contribution in [3.8, 4) is 0 Å². The van der Waals surface area contributed by atoms with E-state index in [0.717, 1.165) is 66.7 Å². The number of aryl methyl sites for hydroxylation is 2. The van der Waals surface area contributed by atoms with Gasteiger partial charge < -0.3 is 15.5 Å². The third kappa shape index (κ3) is 3.82. The summed E-state index contributed by atoms with van der Waals surface area (Å²) in [6.07, 6.45) is 7.16. The highest BCUT2D eigenvalue weighted by molar-refractivity contribution is 7.93. The zero-order chi connectivity index (χ0) is 20.8. The molecule has 2 amide bonds. The molecule has 156 valence electrons. The number of nitrogens with one attached hydrogen (secondary N) is 1. The molecule has 2 aliphatic carbocycles. The fraction of sp³-hybridized carbons (Fsp3) is 0.474. The molecule has 1 unspecified atom stereocenters. The van der Waals surface area contributed by atoms with Crippen LogP contribution in [0.4, 0.5) is 10.5 Å². The summed E-state index contributed by atoms with van der Waals surface area (Å²) in [5, 5.41) is 28.2. The van der Waals surface area contributed by atoms with E-state index in [0.29, 0.717) is 0 Å². The first-order valence-corrected chi connectivity index (χ1v) is 11.9. The summed E-state index contributed by atoms with van der Waals surface area (Å²) in [5.41, 5.74) is 4.07. The first-order valence-electron chi connectivity index (χ1n) is 9.53. The lowest BCUT2D eigenvalue weighted by molar-refractivity contribution is -0.00244. The van der Waals surface area contributed by atoms with E-state index in [1.54, 1.807) is 0 Å². The fourth-order valence-electron chi connectivity index (χ4n) is 3.98. The Balaban J connectivity index is 1.63. The molecule has 0 saturated carbocycles. The van der Waals surface area contributed by atoms with E-state index in [4.69, 9.17) is 5.14 Å². The highest BCUT2D eigenvalue weighted by Gasteiger charge is 2.28. The number of thiazole rings is 1. The van der Waals surface area contributed by atoms with Gasteiger partial charge >= 0.3 is 6.03 Å². The van der Waals surface area contributed by atoms with E-state index in [2.05, 4.69) is 20.7 Å². The summed E-state index contributed by atoms with van der Waals surface area (Å²) in [6.45, 7) is 0.835. The molecule has 1 heterocycles. The first-order chi connectivity index (χ1) is 13.7. The molecule has 0 saturated heterocycles. The number of amides is 2. The third-order valence-corrected chi connectivity index (χ3v) is 8.60. The van der Waals surface area contributed by atoms with Crippen LogP contribution in [0.15, 0.2) is 20.8 Å². The van der Waals surface area contributed by atoms with Gasteiger partial charge in [0.05, 0.1) is 12.8 Å². The van der Waals surface area contributed by atoms with Crippen molar-refractivity contribution >= 4 is 33.0 Å². The molecule has 1 aromatic carbocycles. The number of carbonyl (C=O) groups excluding carboxylic acids is 1. The van der Waals surface area contributed by atoms with Crippen LogP contribution in [0.3, 0.4) is 0 Å². The summed E-state index contributed by atoms with van der Waals surface area (Å²) < 4.78 is 16.7. The number of hydrogen-bond acceptors (Lipinski definition) is 6. The van der Waals surface area contributed by atoms with Crippen LogP contribution in [0.25, 0.3) is 0 Å². The number of carbonyl (C=O) groups is 1. The molecular formula is C19H24N4O4S2. The van der Waals surface area contributed by atoms with E-state index in [-0.39, 0.29) is 9.22 Å². The smallest absolute Gasteiger partial charge is 0.354 e. The summed E-state index contributed by atoms with van der Waals surface area (Å²) in [4.78, 5) is 16.6. The molecule has 0 fully saturated rings. The van der Waals surface area contributed by atoms with Gasteiger partial charge in [0.25, 0.3) is 0 Å². The van der Waals surface area contributed by atoms with Crippen LogP contribution in [0.2, 0.25) is 0 Å². The lowest BCUT2D eigenvalue weighted by Crippen LogP contribution is -2.25. The van der Waals surface area contributed by atoms with E-state index in [1.807, 2.05) is 0 Å². The van der Waals surface area contributed by atoms with Crippen LogP contribution in [0, 0.1) is 0 Å². The lowest BCUT2D eigenvalue weighted by atomic mass is 9.99. The quantitative estimate of drug-likeness (QED) is 0.582. The predicted octanol–water partition coefficient (Wildman–Crippen LogP) is 2.25. The van der Waals surface area contributed by atoms with Crippen LogP contribution in [0.5, 0.6) is 0 Å². The standard InChI is InChI=1S/C19H24N4O4S2/c1-19(26,10-24)17-21-9-15(28-17)29(20,27)23-18(25)22-16-13-6-2-4-11(13)8-12-5-3-7-14(12)16/h8-9,24,26H,2-7,10H2,1H3,(H3,20,22,23,25,27)/t19-,29?/m0/s1. The number of hydrogen-bond donors (Lipinski definition) is 4. The Labute approximate surface area is 173 Å². The Hall–Kier alpha value is -1.85. The number of anilines is 1. The van der Waals surface area contributed by atoms with Crippen molar-refractivity contribution in [1.29, 1.82) is 0 Å². The predicted molar refractivity (Wildman–Crippen MR) is 111 cm³/mol. The number of aliphatic hydroxyl groups is 2. The van der Waals surface area contributed by atoms with Crippen molar-refractivity contribution in [2.45, 2.75) is 55.3 Å². The Morgan fingerprint density at radius 2 is 1.93 bits per heavy atom. The SMILES string of the molecule is C[C@](O)(CO)c1ncc(S(N)(=O)=NC(=O)Nc2c3c(cc4c2CCC4)CCC3)s1. The van der Waals surface area contributed by atoms with Crippen molar-refractivity contribution in [2.75, 3.05) is 11.9 Å². The Morgan fingerprint density at radius 3 is 2.52 bits per heavy atom. The van der Waals surface area contributed by atoms with E-state index in [9.17, 15) is 19.2 Å². The molecule has 0 radical (unpaired) electrons. The van der Waals surface area contributed by atoms with Crippen molar-refractivity contribution in [1.82, 2.24) is 4.98 Å².